The molecule has 0 radical (unpaired) electrons. The van der Waals surface area contributed by atoms with E-state index in [1.807, 2.05) is 37.9 Å². The minimum Gasteiger partial charge on any atom is -0.494 e. The van der Waals surface area contributed by atoms with Gasteiger partial charge in [-0.2, -0.15) is 11.8 Å². The van der Waals surface area contributed by atoms with Crippen LogP contribution in [0.3, 0.4) is 0 Å². The first kappa shape index (κ1) is 15.4. The second kappa shape index (κ2) is 7.05. The molecule has 1 unspecified atom stereocenters. The standard InChI is InChI=1S/C15H25NOS/c1-6-17-14-10-8-7-9-12(14)13(16-5)11-18-15(2,3)4/h7-10,13,16H,6,11H2,1-5H3. The predicted molar refractivity (Wildman–Crippen MR) is 81.6 cm³/mol. The van der Waals surface area contributed by atoms with Gasteiger partial charge in [-0.3, -0.25) is 0 Å². The second-order valence-electron chi connectivity index (χ2n) is 5.24. The number of benzene rings is 1. The van der Waals surface area contributed by atoms with E-state index in [0.29, 0.717) is 12.6 Å². The van der Waals surface area contributed by atoms with Crippen molar-refractivity contribution in [2.45, 2.75) is 38.5 Å². The van der Waals surface area contributed by atoms with E-state index in [9.17, 15) is 0 Å². The molecule has 3 heteroatoms. The number of rotatable bonds is 6. The van der Waals surface area contributed by atoms with Gasteiger partial charge in [0.15, 0.2) is 0 Å². The van der Waals surface area contributed by atoms with Crippen LogP contribution in [0.15, 0.2) is 24.3 Å². The Morgan fingerprint density at radius 3 is 2.50 bits per heavy atom. The number of thioether (sulfide) groups is 1. The third-order valence-corrected chi connectivity index (χ3v) is 3.99. The first-order valence-electron chi connectivity index (χ1n) is 6.51. The number of ether oxygens (including phenoxy) is 1. The van der Waals surface area contributed by atoms with E-state index >= 15 is 0 Å². The third kappa shape index (κ3) is 4.91. The maximum atomic E-state index is 5.70. The van der Waals surface area contributed by atoms with E-state index in [1.54, 1.807) is 0 Å². The molecule has 1 aromatic carbocycles. The molecule has 0 aliphatic heterocycles. The Morgan fingerprint density at radius 2 is 1.94 bits per heavy atom. The molecule has 1 rings (SSSR count). The van der Waals surface area contributed by atoms with E-state index < -0.39 is 0 Å². The van der Waals surface area contributed by atoms with E-state index in [1.165, 1.54) is 5.56 Å². The van der Waals surface area contributed by atoms with E-state index in [4.69, 9.17) is 4.74 Å². The molecule has 0 spiro atoms. The van der Waals surface area contributed by atoms with Crippen molar-refractivity contribution >= 4 is 11.8 Å². The van der Waals surface area contributed by atoms with Crippen LogP contribution in [0.5, 0.6) is 5.75 Å². The quantitative estimate of drug-likeness (QED) is 0.845. The minimum absolute atomic E-state index is 0.287. The Labute approximate surface area is 116 Å². The van der Waals surface area contributed by atoms with Crippen molar-refractivity contribution in [3.63, 3.8) is 0 Å². The van der Waals surface area contributed by atoms with Crippen LogP contribution in [0.2, 0.25) is 0 Å². The summed E-state index contributed by atoms with van der Waals surface area (Å²) in [5.74, 6) is 2.04. The first-order valence-corrected chi connectivity index (χ1v) is 7.49. The summed E-state index contributed by atoms with van der Waals surface area (Å²) in [5, 5.41) is 3.39. The van der Waals surface area contributed by atoms with E-state index in [0.717, 1.165) is 11.5 Å². The maximum absolute atomic E-state index is 5.70. The van der Waals surface area contributed by atoms with Crippen LogP contribution in [-0.2, 0) is 0 Å². The molecule has 0 amide bonds. The molecule has 0 heterocycles. The number of hydrogen-bond donors (Lipinski definition) is 1. The van der Waals surface area contributed by atoms with Crippen molar-refractivity contribution in [3.05, 3.63) is 29.8 Å². The summed E-state index contributed by atoms with van der Waals surface area (Å²) >= 11 is 1.97. The maximum Gasteiger partial charge on any atom is 0.124 e. The number of nitrogens with one attached hydrogen (secondary N) is 1. The summed E-state index contributed by atoms with van der Waals surface area (Å²) in [4.78, 5) is 0. The smallest absolute Gasteiger partial charge is 0.124 e. The van der Waals surface area contributed by atoms with Gasteiger partial charge in [0, 0.05) is 22.1 Å². The highest BCUT2D eigenvalue weighted by atomic mass is 32.2. The minimum atomic E-state index is 0.287. The average molecular weight is 267 g/mol. The lowest BCUT2D eigenvalue weighted by molar-refractivity contribution is 0.333. The predicted octanol–water partition coefficient (Wildman–Crippen LogP) is 3.88. The van der Waals surface area contributed by atoms with Gasteiger partial charge < -0.3 is 10.1 Å². The van der Waals surface area contributed by atoms with Crippen molar-refractivity contribution in [1.29, 1.82) is 0 Å². The zero-order valence-corrected chi connectivity index (χ0v) is 12.9. The highest BCUT2D eigenvalue weighted by molar-refractivity contribution is 8.00. The molecular weight excluding hydrogens is 242 g/mol. The first-order chi connectivity index (χ1) is 8.48. The van der Waals surface area contributed by atoms with Gasteiger partial charge in [0.05, 0.1) is 6.61 Å². The van der Waals surface area contributed by atoms with Gasteiger partial charge in [-0.1, -0.05) is 39.0 Å². The van der Waals surface area contributed by atoms with Crippen LogP contribution in [0.1, 0.15) is 39.3 Å². The Kier molecular flexibility index (Phi) is 6.03. The van der Waals surface area contributed by atoms with Crippen molar-refractivity contribution in [2.24, 2.45) is 0 Å². The van der Waals surface area contributed by atoms with Crippen LogP contribution in [0, 0.1) is 0 Å². The van der Waals surface area contributed by atoms with Gasteiger partial charge in [-0.05, 0) is 20.0 Å². The zero-order valence-electron chi connectivity index (χ0n) is 12.1. The molecular formula is C15H25NOS. The molecule has 0 fully saturated rings. The van der Waals surface area contributed by atoms with Crippen LogP contribution < -0.4 is 10.1 Å². The van der Waals surface area contributed by atoms with Crippen LogP contribution in [0.4, 0.5) is 0 Å². The molecule has 102 valence electrons. The second-order valence-corrected chi connectivity index (χ2v) is 7.08. The fourth-order valence-electron chi connectivity index (χ4n) is 1.72. The van der Waals surface area contributed by atoms with Gasteiger partial charge in [0.25, 0.3) is 0 Å². The lowest BCUT2D eigenvalue weighted by Crippen LogP contribution is -2.22. The van der Waals surface area contributed by atoms with Crippen LogP contribution in [0.25, 0.3) is 0 Å². The summed E-state index contributed by atoms with van der Waals surface area (Å²) < 4.78 is 5.99. The molecule has 0 aromatic heterocycles. The summed E-state index contributed by atoms with van der Waals surface area (Å²) in [6.07, 6.45) is 0. The lowest BCUT2D eigenvalue weighted by Gasteiger charge is -2.24. The molecule has 1 aromatic rings. The molecule has 0 bridgehead atoms. The van der Waals surface area contributed by atoms with Crippen LogP contribution in [-0.4, -0.2) is 24.2 Å². The highest BCUT2D eigenvalue weighted by Gasteiger charge is 2.18. The van der Waals surface area contributed by atoms with E-state index in [-0.39, 0.29) is 4.75 Å². The Balaban J connectivity index is 2.81. The fourth-order valence-corrected chi connectivity index (χ4v) is 2.73. The highest BCUT2D eigenvalue weighted by Crippen LogP contribution is 2.32. The van der Waals surface area contributed by atoms with Gasteiger partial charge in [-0.15, -0.1) is 0 Å². The number of para-hydroxylation sites is 1. The normalized spacial score (nSPS) is 13.4. The van der Waals surface area contributed by atoms with Gasteiger partial charge in [-0.25, -0.2) is 0 Å². The van der Waals surface area contributed by atoms with Crippen molar-refractivity contribution in [2.75, 3.05) is 19.4 Å². The van der Waals surface area contributed by atoms with Crippen molar-refractivity contribution in [3.8, 4) is 5.75 Å². The van der Waals surface area contributed by atoms with Crippen molar-refractivity contribution < 1.29 is 4.74 Å². The summed E-state index contributed by atoms with van der Waals surface area (Å²) in [6.45, 7) is 9.48. The molecule has 18 heavy (non-hydrogen) atoms. The Bertz CT molecular complexity index is 360. The van der Waals surface area contributed by atoms with Crippen molar-refractivity contribution in [1.82, 2.24) is 5.32 Å². The van der Waals surface area contributed by atoms with Gasteiger partial charge in [0.1, 0.15) is 5.75 Å². The molecule has 0 saturated heterocycles. The fraction of sp³-hybridized carbons (Fsp3) is 0.600. The zero-order chi connectivity index (χ0) is 13.6. The summed E-state index contributed by atoms with van der Waals surface area (Å²) in [6, 6.07) is 8.62. The number of hydrogen-bond acceptors (Lipinski definition) is 3. The summed E-state index contributed by atoms with van der Waals surface area (Å²) in [5.41, 5.74) is 1.25. The van der Waals surface area contributed by atoms with Crippen LogP contribution >= 0.6 is 11.8 Å². The average Bonchev–Trinajstić information content (AvgIpc) is 2.31. The molecule has 0 saturated carbocycles. The molecule has 2 nitrogen and oxygen atoms in total. The molecule has 0 aliphatic carbocycles. The summed E-state index contributed by atoms with van der Waals surface area (Å²) in [7, 11) is 2.01. The third-order valence-electron chi connectivity index (χ3n) is 2.63. The van der Waals surface area contributed by atoms with Gasteiger partial charge >= 0.3 is 0 Å². The Hall–Kier alpha value is -0.670. The van der Waals surface area contributed by atoms with Gasteiger partial charge in [0.2, 0.25) is 0 Å². The molecule has 1 atom stereocenters. The molecule has 1 N–H and O–H groups in total. The SMILES string of the molecule is CCOc1ccccc1C(CSC(C)(C)C)NC. The topological polar surface area (TPSA) is 21.3 Å². The monoisotopic (exact) mass is 267 g/mol. The molecule has 0 aliphatic rings. The largest absolute Gasteiger partial charge is 0.494 e. The lowest BCUT2D eigenvalue weighted by atomic mass is 10.1. The Morgan fingerprint density at radius 1 is 1.28 bits per heavy atom. The van der Waals surface area contributed by atoms with E-state index in [2.05, 4.69) is 38.2 Å².